The average Bonchev–Trinajstić information content (AvgIpc) is 3.10. The van der Waals surface area contributed by atoms with Crippen molar-refractivity contribution >= 4 is 17.0 Å². The van der Waals surface area contributed by atoms with Gasteiger partial charge in [-0.3, -0.25) is 14.2 Å². The van der Waals surface area contributed by atoms with Gasteiger partial charge in [0.1, 0.15) is 5.75 Å². The van der Waals surface area contributed by atoms with Crippen LogP contribution >= 0.6 is 0 Å². The molecule has 1 fully saturated rings. The van der Waals surface area contributed by atoms with Crippen LogP contribution in [0, 0.1) is 0 Å². The first-order chi connectivity index (χ1) is 16.5. The van der Waals surface area contributed by atoms with Crippen LogP contribution in [0.1, 0.15) is 12.5 Å². The number of aromatic nitrogens is 5. The molecular weight excluding hydrogens is 439 g/mol. The van der Waals surface area contributed by atoms with Gasteiger partial charge in [-0.25, -0.2) is 19.3 Å². The van der Waals surface area contributed by atoms with Crippen molar-refractivity contribution in [2.24, 2.45) is 7.05 Å². The molecule has 1 atom stereocenters. The van der Waals surface area contributed by atoms with Crippen molar-refractivity contribution in [3.05, 3.63) is 64.7 Å². The Labute approximate surface area is 195 Å². The largest absolute Gasteiger partial charge is 0.460 e. The number of hydrogen-bond donors (Lipinski definition) is 0. The molecule has 4 heterocycles. The van der Waals surface area contributed by atoms with E-state index in [1.807, 2.05) is 12.1 Å². The van der Waals surface area contributed by atoms with Crippen LogP contribution in [0.5, 0.6) is 5.75 Å². The summed E-state index contributed by atoms with van der Waals surface area (Å²) in [5.74, 6) is 1.08. The van der Waals surface area contributed by atoms with Crippen LogP contribution < -0.4 is 15.2 Å². The second-order valence-electron chi connectivity index (χ2n) is 8.09. The predicted octanol–water partition coefficient (Wildman–Crippen LogP) is 2.77. The van der Waals surface area contributed by atoms with Gasteiger partial charge in [0.25, 0.3) is 5.56 Å². The maximum atomic E-state index is 13.5. The molecule has 0 radical (unpaired) electrons. The minimum Gasteiger partial charge on any atom is -0.460 e. The molecule has 0 N–H and O–H groups in total. The molecule has 5 rings (SSSR count). The van der Waals surface area contributed by atoms with Crippen molar-refractivity contribution in [3.8, 4) is 17.0 Å². The van der Waals surface area contributed by atoms with Crippen LogP contribution in [-0.2, 0) is 18.3 Å². The molecule has 176 valence electrons. The number of nitrogens with zero attached hydrogens (tertiary/aromatic N) is 6. The molecule has 0 spiro atoms. The van der Waals surface area contributed by atoms with Crippen molar-refractivity contribution in [2.45, 2.75) is 19.8 Å². The van der Waals surface area contributed by atoms with Gasteiger partial charge in [0.15, 0.2) is 5.65 Å². The third kappa shape index (κ3) is 4.24. The Hall–Kier alpha value is -3.79. The van der Waals surface area contributed by atoms with Crippen LogP contribution in [0.15, 0.2) is 53.6 Å². The molecule has 0 saturated carbocycles. The number of para-hydroxylation sites is 1. The van der Waals surface area contributed by atoms with E-state index >= 15 is 0 Å². The lowest BCUT2D eigenvalue weighted by molar-refractivity contribution is 0.0847. The Balaban J connectivity index is 1.50. The summed E-state index contributed by atoms with van der Waals surface area (Å²) in [6.45, 7) is 4.46. The molecule has 10 heteroatoms. The zero-order valence-corrected chi connectivity index (χ0v) is 19.0. The molecule has 0 bridgehead atoms. The molecule has 3 aromatic heterocycles. The fraction of sp³-hybridized carbons (Fsp3) is 0.333. The number of pyridine rings is 1. The second kappa shape index (κ2) is 9.22. The smallest absolute Gasteiger partial charge is 0.275 e. The van der Waals surface area contributed by atoms with Crippen molar-refractivity contribution in [3.63, 3.8) is 0 Å². The van der Waals surface area contributed by atoms with E-state index in [4.69, 9.17) is 14.5 Å². The molecule has 9 nitrogen and oxygen atoms in total. The summed E-state index contributed by atoms with van der Waals surface area (Å²) in [6.07, 6.45) is 2.03. The highest BCUT2D eigenvalue weighted by Crippen LogP contribution is 2.24. The number of halogens is 1. The Morgan fingerprint density at radius 3 is 2.59 bits per heavy atom. The second-order valence-corrected chi connectivity index (χ2v) is 8.09. The van der Waals surface area contributed by atoms with E-state index < -0.39 is 6.36 Å². The highest BCUT2D eigenvalue weighted by atomic mass is 19.1. The van der Waals surface area contributed by atoms with E-state index in [0.29, 0.717) is 48.2 Å². The molecule has 1 saturated heterocycles. The van der Waals surface area contributed by atoms with E-state index in [-0.39, 0.29) is 5.56 Å². The number of hydrogen-bond acceptors (Lipinski definition) is 7. The Morgan fingerprint density at radius 1 is 1.12 bits per heavy atom. The van der Waals surface area contributed by atoms with Gasteiger partial charge >= 0.3 is 0 Å². The van der Waals surface area contributed by atoms with Gasteiger partial charge in [0.05, 0.1) is 30.8 Å². The van der Waals surface area contributed by atoms with E-state index in [0.717, 1.165) is 24.2 Å². The van der Waals surface area contributed by atoms with Crippen molar-refractivity contribution in [1.29, 1.82) is 0 Å². The van der Waals surface area contributed by atoms with Gasteiger partial charge in [-0.1, -0.05) is 18.2 Å². The highest BCUT2D eigenvalue weighted by Gasteiger charge is 2.17. The maximum absolute atomic E-state index is 13.5. The summed E-state index contributed by atoms with van der Waals surface area (Å²) in [5.41, 5.74) is 2.50. The lowest BCUT2D eigenvalue weighted by Gasteiger charge is -2.26. The third-order valence-corrected chi connectivity index (χ3v) is 5.82. The normalized spacial score (nSPS) is 15.0. The quantitative estimate of drug-likeness (QED) is 0.434. The van der Waals surface area contributed by atoms with Gasteiger partial charge in [0, 0.05) is 50.6 Å². The number of fused-ring (bicyclic) bond motifs is 1. The molecule has 1 aliphatic heterocycles. The third-order valence-electron chi connectivity index (χ3n) is 5.82. The zero-order valence-electron chi connectivity index (χ0n) is 19.0. The van der Waals surface area contributed by atoms with Crippen LogP contribution in [0.2, 0.25) is 0 Å². The van der Waals surface area contributed by atoms with E-state index in [2.05, 4.69) is 14.9 Å². The van der Waals surface area contributed by atoms with Gasteiger partial charge in [-0.05, 0) is 18.2 Å². The van der Waals surface area contributed by atoms with Crippen LogP contribution in [0.3, 0.4) is 0 Å². The first-order valence-electron chi connectivity index (χ1n) is 11.1. The minimum absolute atomic E-state index is 0.162. The summed E-state index contributed by atoms with van der Waals surface area (Å²) in [5, 5.41) is 0.495. The molecule has 4 aromatic rings. The number of alkyl halides is 1. The minimum atomic E-state index is -1.45. The van der Waals surface area contributed by atoms with E-state index in [9.17, 15) is 9.18 Å². The van der Waals surface area contributed by atoms with Gasteiger partial charge in [-0.2, -0.15) is 0 Å². The number of morpholine rings is 1. The number of rotatable bonds is 6. The highest BCUT2D eigenvalue weighted by molar-refractivity contribution is 5.78. The lowest BCUT2D eigenvalue weighted by atomic mass is 10.2. The Bertz CT molecular complexity index is 1360. The van der Waals surface area contributed by atoms with Crippen LogP contribution in [0.25, 0.3) is 22.3 Å². The van der Waals surface area contributed by atoms with Gasteiger partial charge in [-0.15, -0.1) is 0 Å². The Morgan fingerprint density at radius 2 is 1.85 bits per heavy atom. The molecule has 34 heavy (non-hydrogen) atoms. The SMILES string of the molecule is CC(F)Oc1ccccc1Cn1c2nc(-c3cnc(N4CCOCC4)nc3)ccc2c(=O)n1C. The summed E-state index contributed by atoms with van der Waals surface area (Å²) in [4.78, 5) is 28.7. The monoisotopic (exact) mass is 464 g/mol. The number of benzene rings is 1. The fourth-order valence-corrected chi connectivity index (χ4v) is 4.05. The summed E-state index contributed by atoms with van der Waals surface area (Å²) in [7, 11) is 1.69. The first kappa shape index (κ1) is 22.0. The number of anilines is 1. The molecule has 0 aliphatic carbocycles. The van der Waals surface area contributed by atoms with Crippen LogP contribution in [-0.4, -0.2) is 57.0 Å². The van der Waals surface area contributed by atoms with Crippen molar-refractivity contribution in [2.75, 3.05) is 31.2 Å². The molecular formula is C24H25FN6O3. The molecule has 1 aromatic carbocycles. The van der Waals surface area contributed by atoms with Crippen molar-refractivity contribution in [1.82, 2.24) is 24.3 Å². The first-order valence-corrected chi connectivity index (χ1v) is 11.1. The van der Waals surface area contributed by atoms with E-state index in [1.165, 1.54) is 11.6 Å². The maximum Gasteiger partial charge on any atom is 0.275 e. The number of ether oxygens (including phenoxy) is 2. The Kier molecular flexibility index (Phi) is 5.97. The van der Waals surface area contributed by atoms with Crippen LogP contribution in [0.4, 0.5) is 10.3 Å². The summed E-state index contributed by atoms with van der Waals surface area (Å²) >= 11 is 0. The standard InChI is InChI=1S/C24H25FN6O3/c1-16(25)34-21-6-4-3-5-17(21)15-31-22-19(23(32)29(31)2)7-8-20(28-22)18-13-26-24(27-14-18)30-9-11-33-12-10-30/h3-8,13-14,16H,9-12,15H2,1-2H3. The average molecular weight is 465 g/mol. The topological polar surface area (TPSA) is 87.3 Å². The summed E-state index contributed by atoms with van der Waals surface area (Å²) < 4.78 is 27.5. The van der Waals surface area contributed by atoms with Crippen molar-refractivity contribution < 1.29 is 13.9 Å². The zero-order chi connectivity index (χ0) is 23.7. The molecule has 1 unspecified atom stereocenters. The van der Waals surface area contributed by atoms with Gasteiger partial charge in [0.2, 0.25) is 12.3 Å². The predicted molar refractivity (Wildman–Crippen MR) is 126 cm³/mol. The fourth-order valence-electron chi connectivity index (χ4n) is 4.05. The molecule has 0 amide bonds. The van der Waals surface area contributed by atoms with Gasteiger partial charge < -0.3 is 14.4 Å². The van der Waals surface area contributed by atoms with E-state index in [1.54, 1.807) is 48.4 Å². The summed E-state index contributed by atoms with van der Waals surface area (Å²) in [6, 6.07) is 10.7. The lowest BCUT2D eigenvalue weighted by Crippen LogP contribution is -2.37. The molecule has 1 aliphatic rings.